The van der Waals surface area contributed by atoms with Crippen LogP contribution in [-0.2, 0) is 9.53 Å². The number of allylic oxidation sites excluding steroid dienone is 1. The third kappa shape index (κ3) is 3.12. The summed E-state index contributed by atoms with van der Waals surface area (Å²) in [5, 5.41) is 9.39. The zero-order chi connectivity index (χ0) is 12.1. The lowest BCUT2D eigenvalue weighted by molar-refractivity contribution is -0.140. The monoisotopic (exact) mass is 220 g/mol. The van der Waals surface area contributed by atoms with Crippen molar-refractivity contribution in [2.24, 2.45) is 0 Å². The molecule has 3 nitrogen and oxygen atoms in total. The van der Waals surface area contributed by atoms with Crippen molar-refractivity contribution in [3.05, 3.63) is 42.0 Å². The van der Waals surface area contributed by atoms with E-state index in [4.69, 9.17) is 0 Å². The largest absolute Gasteiger partial charge is 0.508 e. The highest BCUT2D eigenvalue weighted by Gasteiger charge is 2.17. The van der Waals surface area contributed by atoms with Gasteiger partial charge in [0.25, 0.3) is 0 Å². The second-order valence-corrected chi connectivity index (χ2v) is 3.77. The van der Waals surface area contributed by atoms with Gasteiger partial charge >= 0.3 is 5.97 Å². The Morgan fingerprint density at radius 3 is 2.75 bits per heavy atom. The average Bonchev–Trinajstić information content (AvgIpc) is 2.25. The van der Waals surface area contributed by atoms with Gasteiger partial charge in [-0.05, 0) is 24.6 Å². The summed E-state index contributed by atoms with van der Waals surface area (Å²) in [7, 11) is 1.36. The van der Waals surface area contributed by atoms with Crippen LogP contribution in [0.1, 0.15) is 24.8 Å². The highest BCUT2D eigenvalue weighted by atomic mass is 16.5. The van der Waals surface area contributed by atoms with Crippen molar-refractivity contribution < 1.29 is 14.6 Å². The Morgan fingerprint density at radius 1 is 1.56 bits per heavy atom. The predicted molar refractivity (Wildman–Crippen MR) is 62.3 cm³/mol. The van der Waals surface area contributed by atoms with E-state index < -0.39 is 0 Å². The Labute approximate surface area is 95.4 Å². The molecular formula is C13H16O3. The van der Waals surface area contributed by atoms with E-state index in [-0.39, 0.29) is 24.1 Å². The molecule has 3 heteroatoms. The van der Waals surface area contributed by atoms with Gasteiger partial charge in [0.2, 0.25) is 0 Å². The third-order valence-corrected chi connectivity index (χ3v) is 2.47. The molecule has 0 heterocycles. The molecule has 0 aliphatic heterocycles. The summed E-state index contributed by atoms with van der Waals surface area (Å²) >= 11 is 0. The molecule has 0 saturated heterocycles. The number of benzene rings is 1. The zero-order valence-electron chi connectivity index (χ0n) is 9.56. The molecule has 1 rings (SSSR count). The molecule has 1 atom stereocenters. The van der Waals surface area contributed by atoms with Crippen LogP contribution in [0.15, 0.2) is 36.4 Å². The van der Waals surface area contributed by atoms with Crippen molar-refractivity contribution in [2.75, 3.05) is 7.11 Å². The maximum atomic E-state index is 11.3. The van der Waals surface area contributed by atoms with E-state index >= 15 is 0 Å². The maximum Gasteiger partial charge on any atom is 0.306 e. The molecule has 1 N–H and O–H groups in total. The summed E-state index contributed by atoms with van der Waals surface area (Å²) in [6, 6.07) is 6.85. The number of rotatable bonds is 4. The number of phenolic OH excluding ortho intramolecular Hbond substituents is 1. The molecule has 0 saturated carbocycles. The lowest BCUT2D eigenvalue weighted by Crippen LogP contribution is -2.09. The molecule has 1 aromatic carbocycles. The predicted octanol–water partition coefficient (Wildman–Crippen LogP) is 2.62. The molecule has 0 aromatic heterocycles. The van der Waals surface area contributed by atoms with Crippen LogP contribution in [0.3, 0.4) is 0 Å². The fourth-order valence-electron chi connectivity index (χ4n) is 1.57. The van der Waals surface area contributed by atoms with E-state index in [0.29, 0.717) is 0 Å². The lowest BCUT2D eigenvalue weighted by Gasteiger charge is -2.16. The summed E-state index contributed by atoms with van der Waals surface area (Å²) in [6.45, 7) is 5.72. The second-order valence-electron chi connectivity index (χ2n) is 3.77. The van der Waals surface area contributed by atoms with Crippen LogP contribution in [0.25, 0.3) is 0 Å². The van der Waals surface area contributed by atoms with Gasteiger partial charge in [0.15, 0.2) is 0 Å². The summed E-state index contributed by atoms with van der Waals surface area (Å²) in [6.07, 6.45) is 0.245. The van der Waals surface area contributed by atoms with Crippen LogP contribution in [0.2, 0.25) is 0 Å². The summed E-state index contributed by atoms with van der Waals surface area (Å²) in [5.74, 6) is -0.204. The first kappa shape index (κ1) is 12.3. The molecule has 86 valence electrons. The van der Waals surface area contributed by atoms with E-state index in [9.17, 15) is 9.90 Å². The number of ether oxygens (including phenoxy) is 1. The quantitative estimate of drug-likeness (QED) is 0.626. The number of hydrogen-bond acceptors (Lipinski definition) is 3. The number of carbonyl (C=O) groups is 1. The molecule has 0 amide bonds. The number of methoxy groups -OCH3 is 1. The number of aromatic hydroxyl groups is 1. The molecule has 0 aliphatic rings. The minimum Gasteiger partial charge on any atom is -0.508 e. The minimum atomic E-state index is -0.281. The average molecular weight is 220 g/mol. The van der Waals surface area contributed by atoms with Crippen molar-refractivity contribution in [1.29, 1.82) is 0 Å². The minimum absolute atomic E-state index is 0.112. The summed E-state index contributed by atoms with van der Waals surface area (Å²) in [4.78, 5) is 11.3. The van der Waals surface area contributed by atoms with Gasteiger partial charge < -0.3 is 9.84 Å². The maximum absolute atomic E-state index is 11.3. The topological polar surface area (TPSA) is 46.5 Å². The van der Waals surface area contributed by atoms with Gasteiger partial charge in [0, 0.05) is 5.92 Å². The summed E-state index contributed by atoms with van der Waals surface area (Å²) in [5.41, 5.74) is 1.74. The van der Waals surface area contributed by atoms with Gasteiger partial charge in [-0.15, -0.1) is 0 Å². The van der Waals surface area contributed by atoms with Crippen molar-refractivity contribution in [3.8, 4) is 5.75 Å². The van der Waals surface area contributed by atoms with Crippen LogP contribution in [0, 0.1) is 0 Å². The molecule has 0 bridgehead atoms. The normalized spacial score (nSPS) is 11.9. The fraction of sp³-hybridized carbons (Fsp3) is 0.308. The van der Waals surface area contributed by atoms with E-state index in [1.807, 2.05) is 13.0 Å². The second kappa shape index (κ2) is 5.35. The van der Waals surface area contributed by atoms with Crippen LogP contribution in [0.4, 0.5) is 0 Å². The van der Waals surface area contributed by atoms with Gasteiger partial charge in [0.05, 0.1) is 13.5 Å². The highest BCUT2D eigenvalue weighted by Crippen LogP contribution is 2.28. The number of carbonyl (C=O) groups excluding carboxylic acids is 1. The van der Waals surface area contributed by atoms with E-state index in [2.05, 4.69) is 11.3 Å². The van der Waals surface area contributed by atoms with E-state index in [0.717, 1.165) is 11.1 Å². The highest BCUT2D eigenvalue weighted by molar-refractivity contribution is 5.71. The van der Waals surface area contributed by atoms with Crippen molar-refractivity contribution in [2.45, 2.75) is 19.3 Å². The molecule has 0 radical (unpaired) electrons. The zero-order valence-corrected chi connectivity index (χ0v) is 9.56. The van der Waals surface area contributed by atoms with Gasteiger partial charge in [0.1, 0.15) is 5.75 Å². The molecule has 1 aromatic rings. The summed E-state index contributed by atoms with van der Waals surface area (Å²) < 4.78 is 4.64. The Bertz CT molecular complexity index is 396. The molecule has 16 heavy (non-hydrogen) atoms. The van der Waals surface area contributed by atoms with Crippen LogP contribution in [0.5, 0.6) is 5.75 Å². The number of hydrogen-bond donors (Lipinski definition) is 1. The van der Waals surface area contributed by atoms with Crippen molar-refractivity contribution in [1.82, 2.24) is 0 Å². The number of esters is 1. The molecule has 0 fully saturated rings. The molecule has 0 aliphatic carbocycles. The Morgan fingerprint density at radius 2 is 2.25 bits per heavy atom. The lowest BCUT2D eigenvalue weighted by atomic mass is 9.90. The van der Waals surface area contributed by atoms with Crippen LogP contribution >= 0.6 is 0 Å². The third-order valence-electron chi connectivity index (χ3n) is 2.47. The Hall–Kier alpha value is -1.77. The van der Waals surface area contributed by atoms with E-state index in [1.165, 1.54) is 7.11 Å². The van der Waals surface area contributed by atoms with Crippen LogP contribution in [-0.4, -0.2) is 18.2 Å². The van der Waals surface area contributed by atoms with Crippen LogP contribution < -0.4 is 0 Å². The smallest absolute Gasteiger partial charge is 0.306 e. The fourth-order valence-corrected chi connectivity index (χ4v) is 1.57. The first-order valence-electron chi connectivity index (χ1n) is 5.05. The number of phenols is 1. The Balaban J connectivity index is 2.94. The van der Waals surface area contributed by atoms with Gasteiger partial charge in [-0.1, -0.05) is 24.3 Å². The van der Waals surface area contributed by atoms with Gasteiger partial charge in [-0.3, -0.25) is 4.79 Å². The molecule has 0 unspecified atom stereocenters. The van der Waals surface area contributed by atoms with Gasteiger partial charge in [-0.2, -0.15) is 0 Å². The van der Waals surface area contributed by atoms with Crippen molar-refractivity contribution >= 4 is 5.97 Å². The van der Waals surface area contributed by atoms with Crippen molar-refractivity contribution in [3.63, 3.8) is 0 Å². The standard InChI is InChI=1S/C13H16O3/c1-9(2)12(8-13(15)16-3)10-5-4-6-11(14)7-10/h4-7,12,14H,1,8H2,2-3H3/t12-/m0/s1. The van der Waals surface area contributed by atoms with Gasteiger partial charge in [-0.25, -0.2) is 0 Å². The van der Waals surface area contributed by atoms with E-state index in [1.54, 1.807) is 18.2 Å². The first-order valence-corrected chi connectivity index (χ1v) is 5.05. The SMILES string of the molecule is C=C(C)[C@H](CC(=O)OC)c1cccc(O)c1. The molecular weight excluding hydrogens is 204 g/mol. The Kier molecular flexibility index (Phi) is 4.11. The first-order chi connectivity index (χ1) is 7.54. The molecule has 0 spiro atoms.